The molecule has 2 unspecified atom stereocenters. The van der Waals surface area contributed by atoms with Crippen molar-refractivity contribution in [1.29, 1.82) is 5.26 Å². The number of rotatable bonds is 7. The van der Waals surface area contributed by atoms with E-state index in [1.807, 2.05) is 43.5 Å². The zero-order valence-electron chi connectivity index (χ0n) is 19.3. The van der Waals surface area contributed by atoms with Crippen molar-refractivity contribution in [3.63, 3.8) is 0 Å². The van der Waals surface area contributed by atoms with Crippen LogP contribution in [0.2, 0.25) is 0 Å². The normalized spacial score (nSPS) is 18.3. The Kier molecular flexibility index (Phi) is 7.21. The molecule has 1 N–H and O–H groups in total. The van der Waals surface area contributed by atoms with Gasteiger partial charge in [-0.1, -0.05) is 42.5 Å². The molecule has 0 saturated carbocycles. The number of carbonyl (C=O) groups excluding carboxylic acids is 1. The minimum Gasteiger partial charge on any atom is -0.348 e. The van der Waals surface area contributed by atoms with Crippen LogP contribution in [0.1, 0.15) is 61.2 Å². The van der Waals surface area contributed by atoms with Gasteiger partial charge < -0.3 is 9.88 Å². The number of benzene rings is 2. The average molecular weight is 442 g/mol. The van der Waals surface area contributed by atoms with Gasteiger partial charge in [0.15, 0.2) is 0 Å². The second-order valence-electron chi connectivity index (χ2n) is 8.91. The van der Waals surface area contributed by atoms with Crippen LogP contribution < -0.4 is 5.32 Å². The largest absolute Gasteiger partial charge is 0.348 e. The van der Waals surface area contributed by atoms with Crippen LogP contribution in [-0.4, -0.2) is 33.4 Å². The molecule has 1 aromatic heterocycles. The van der Waals surface area contributed by atoms with E-state index in [0.29, 0.717) is 18.2 Å². The van der Waals surface area contributed by atoms with Gasteiger partial charge in [-0.3, -0.25) is 9.69 Å². The topological polar surface area (TPSA) is 74.0 Å². The van der Waals surface area contributed by atoms with Crippen molar-refractivity contribution < 1.29 is 4.79 Å². The minimum absolute atomic E-state index is 0.0118. The maximum atomic E-state index is 13.2. The summed E-state index contributed by atoms with van der Waals surface area (Å²) in [6, 6.07) is 20.4. The lowest BCUT2D eigenvalue weighted by molar-refractivity contribution is -0.127. The first-order valence-electron chi connectivity index (χ1n) is 11.6. The highest BCUT2D eigenvalue weighted by Gasteiger charge is 2.29. The van der Waals surface area contributed by atoms with E-state index in [2.05, 4.69) is 57.0 Å². The predicted molar refractivity (Wildman–Crippen MR) is 128 cm³/mol. The summed E-state index contributed by atoms with van der Waals surface area (Å²) in [7, 11) is 0. The zero-order valence-corrected chi connectivity index (χ0v) is 19.3. The maximum Gasteiger partial charge on any atom is 0.224 e. The summed E-state index contributed by atoms with van der Waals surface area (Å²) >= 11 is 0. The number of imidazole rings is 1. The van der Waals surface area contributed by atoms with Crippen molar-refractivity contribution in [2.24, 2.45) is 5.92 Å². The molecule has 1 aliphatic rings. The van der Waals surface area contributed by atoms with E-state index in [9.17, 15) is 4.79 Å². The van der Waals surface area contributed by atoms with Gasteiger partial charge in [0.05, 0.1) is 41.8 Å². The van der Waals surface area contributed by atoms with E-state index in [-0.39, 0.29) is 17.9 Å². The number of carbonyl (C=O) groups is 1. The molecule has 0 spiro atoms. The minimum atomic E-state index is -0.139. The van der Waals surface area contributed by atoms with Crippen LogP contribution in [0.25, 0.3) is 0 Å². The van der Waals surface area contributed by atoms with Crippen molar-refractivity contribution >= 4 is 5.91 Å². The summed E-state index contributed by atoms with van der Waals surface area (Å²) in [5, 5.41) is 12.2. The second kappa shape index (κ2) is 10.5. The highest BCUT2D eigenvalue weighted by molar-refractivity contribution is 5.79. The third-order valence-electron chi connectivity index (χ3n) is 6.64. The number of likely N-dealkylation sites (tertiary alicyclic amines) is 1. The molecule has 6 nitrogen and oxygen atoms in total. The molecule has 4 rings (SSSR count). The molecule has 1 fully saturated rings. The van der Waals surface area contributed by atoms with E-state index in [1.165, 1.54) is 5.56 Å². The number of hydrogen-bond donors (Lipinski definition) is 1. The summed E-state index contributed by atoms with van der Waals surface area (Å²) in [5.41, 5.74) is 4.00. The van der Waals surface area contributed by atoms with Crippen LogP contribution in [0.5, 0.6) is 0 Å². The Balaban J connectivity index is 1.37. The van der Waals surface area contributed by atoms with Crippen LogP contribution >= 0.6 is 0 Å². The third-order valence-corrected chi connectivity index (χ3v) is 6.64. The molecule has 1 amide bonds. The first-order chi connectivity index (χ1) is 16.0. The molecule has 6 heteroatoms. The Hall–Kier alpha value is -3.43. The molecule has 1 aliphatic heterocycles. The van der Waals surface area contributed by atoms with Crippen molar-refractivity contribution in [3.05, 3.63) is 89.5 Å². The zero-order chi connectivity index (χ0) is 23.2. The lowest BCUT2D eigenvalue weighted by Gasteiger charge is -2.36. The fourth-order valence-corrected chi connectivity index (χ4v) is 4.62. The number of piperidine rings is 1. The summed E-state index contributed by atoms with van der Waals surface area (Å²) in [6.45, 7) is 6.68. The van der Waals surface area contributed by atoms with Crippen molar-refractivity contribution in [2.45, 2.75) is 45.3 Å². The molecule has 3 aromatic rings. The summed E-state index contributed by atoms with van der Waals surface area (Å²) < 4.78 is 2.05. The van der Waals surface area contributed by atoms with Crippen LogP contribution in [0.4, 0.5) is 0 Å². The molecule has 2 aromatic carbocycles. The quantitative estimate of drug-likeness (QED) is 0.588. The first kappa shape index (κ1) is 22.8. The highest BCUT2D eigenvalue weighted by atomic mass is 16.2. The van der Waals surface area contributed by atoms with Crippen LogP contribution in [-0.2, 0) is 11.3 Å². The summed E-state index contributed by atoms with van der Waals surface area (Å²) in [6.07, 6.45) is 5.56. The van der Waals surface area contributed by atoms with Gasteiger partial charge in [-0.25, -0.2) is 4.98 Å². The first-order valence-corrected chi connectivity index (χ1v) is 11.6. The van der Waals surface area contributed by atoms with Gasteiger partial charge in [-0.15, -0.1) is 0 Å². The van der Waals surface area contributed by atoms with Crippen molar-refractivity contribution in [1.82, 2.24) is 19.8 Å². The Morgan fingerprint density at radius 3 is 2.67 bits per heavy atom. The molecule has 0 bridgehead atoms. The van der Waals surface area contributed by atoms with Crippen molar-refractivity contribution in [3.8, 4) is 6.07 Å². The van der Waals surface area contributed by atoms with Gasteiger partial charge >= 0.3 is 0 Å². The van der Waals surface area contributed by atoms with Crippen LogP contribution in [0.3, 0.4) is 0 Å². The van der Waals surface area contributed by atoms with Gasteiger partial charge in [0, 0.05) is 19.1 Å². The van der Waals surface area contributed by atoms with E-state index < -0.39 is 0 Å². The Morgan fingerprint density at radius 2 is 1.94 bits per heavy atom. The molecular weight excluding hydrogens is 410 g/mol. The van der Waals surface area contributed by atoms with E-state index in [0.717, 1.165) is 37.2 Å². The second-order valence-corrected chi connectivity index (χ2v) is 8.91. The molecule has 1 saturated heterocycles. The number of amides is 1. The molecule has 3 atom stereocenters. The number of hydrogen-bond acceptors (Lipinski definition) is 4. The standard InChI is InChI=1S/C27H31N5O/c1-20(26-16-29-19-32(26)17-23-12-10-22(15-28)11-13-23)30-27(33)25-9-6-14-31(18-25)21(2)24-7-4-3-5-8-24/h3-5,7-8,10-13,16,19-21,25H,6,9,14,17-18H2,1-2H3,(H,30,33)/t20-,21?,25?/m0/s1. The number of nitriles is 1. The van der Waals surface area contributed by atoms with Crippen molar-refractivity contribution in [2.75, 3.05) is 13.1 Å². The fraction of sp³-hybridized carbons (Fsp3) is 0.370. The molecule has 170 valence electrons. The van der Waals surface area contributed by atoms with Gasteiger partial charge in [-0.2, -0.15) is 5.26 Å². The van der Waals surface area contributed by atoms with Gasteiger partial charge in [0.1, 0.15) is 0 Å². The molecule has 33 heavy (non-hydrogen) atoms. The highest BCUT2D eigenvalue weighted by Crippen LogP contribution is 2.27. The maximum absolute atomic E-state index is 13.2. The van der Waals surface area contributed by atoms with Gasteiger partial charge in [0.2, 0.25) is 5.91 Å². The predicted octanol–water partition coefficient (Wildman–Crippen LogP) is 4.45. The monoisotopic (exact) mass is 441 g/mol. The van der Waals surface area contributed by atoms with Crippen LogP contribution in [0.15, 0.2) is 67.1 Å². The Labute approximate surface area is 195 Å². The van der Waals surface area contributed by atoms with Gasteiger partial charge in [-0.05, 0) is 56.5 Å². The SMILES string of the molecule is CC(c1ccccc1)N1CCCC(C(=O)N[C@@H](C)c2cncn2Cc2ccc(C#N)cc2)C1. The number of nitrogens with one attached hydrogen (secondary N) is 1. The van der Waals surface area contributed by atoms with Gasteiger partial charge in [0.25, 0.3) is 0 Å². The lowest BCUT2D eigenvalue weighted by Crippen LogP contribution is -2.44. The molecule has 2 heterocycles. The third kappa shape index (κ3) is 5.50. The molecule has 0 radical (unpaired) electrons. The lowest BCUT2D eigenvalue weighted by atomic mass is 9.94. The smallest absolute Gasteiger partial charge is 0.224 e. The Morgan fingerprint density at radius 1 is 1.18 bits per heavy atom. The fourth-order valence-electron chi connectivity index (χ4n) is 4.62. The molecule has 0 aliphatic carbocycles. The van der Waals surface area contributed by atoms with E-state index in [4.69, 9.17) is 5.26 Å². The average Bonchev–Trinajstić information content (AvgIpc) is 3.33. The van der Waals surface area contributed by atoms with E-state index >= 15 is 0 Å². The number of aromatic nitrogens is 2. The summed E-state index contributed by atoms with van der Waals surface area (Å²) in [5.74, 6) is 0.0980. The van der Waals surface area contributed by atoms with Crippen LogP contribution in [0, 0.1) is 17.2 Å². The summed E-state index contributed by atoms with van der Waals surface area (Å²) in [4.78, 5) is 19.9. The molecular formula is C27H31N5O. The van der Waals surface area contributed by atoms with E-state index in [1.54, 1.807) is 6.33 Å². The number of nitrogens with zero attached hydrogens (tertiary/aromatic N) is 4. The Bertz CT molecular complexity index is 1100.